The Morgan fingerprint density at radius 2 is 1.84 bits per heavy atom. The van der Waals surface area contributed by atoms with Gasteiger partial charge in [-0.25, -0.2) is 0 Å². The average molecular weight is 398 g/mol. The van der Waals surface area contributed by atoms with Crippen LogP contribution in [0.25, 0.3) is 10.9 Å². The van der Waals surface area contributed by atoms with Gasteiger partial charge in [0, 0.05) is 21.1 Å². The van der Waals surface area contributed by atoms with Gasteiger partial charge in [0.25, 0.3) is 5.91 Å². The van der Waals surface area contributed by atoms with Crippen LogP contribution in [0, 0.1) is 5.92 Å². The van der Waals surface area contributed by atoms with Gasteiger partial charge in [0.1, 0.15) is 0 Å². The van der Waals surface area contributed by atoms with E-state index < -0.39 is 11.9 Å². The number of carboxylic acids is 1. The number of carboxylic acid groups (broad SMARTS) is 1. The molecule has 1 aliphatic carbocycles. The zero-order chi connectivity index (χ0) is 17.6. The van der Waals surface area contributed by atoms with Gasteiger partial charge < -0.3 is 5.11 Å². The molecular formula is C20H16BrNO3. The topological polar surface area (TPSA) is 59.3 Å². The molecular weight excluding hydrogens is 382 g/mol. The Hall–Kier alpha value is -2.40. The summed E-state index contributed by atoms with van der Waals surface area (Å²) in [7, 11) is 0. The Kier molecular flexibility index (Phi) is 3.96. The zero-order valence-corrected chi connectivity index (χ0v) is 15.0. The molecule has 0 saturated carbocycles. The van der Waals surface area contributed by atoms with Crippen LogP contribution in [-0.4, -0.2) is 21.6 Å². The van der Waals surface area contributed by atoms with Crippen LogP contribution in [0.3, 0.4) is 0 Å². The van der Waals surface area contributed by atoms with Crippen LogP contribution in [0.5, 0.6) is 0 Å². The molecule has 25 heavy (non-hydrogen) atoms. The summed E-state index contributed by atoms with van der Waals surface area (Å²) >= 11 is 3.57. The predicted molar refractivity (Wildman–Crippen MR) is 99.0 cm³/mol. The fraction of sp³-hybridized carbons (Fsp3) is 0.200. The molecule has 1 N–H and O–H groups in total. The molecule has 0 saturated heterocycles. The second kappa shape index (κ2) is 6.15. The van der Waals surface area contributed by atoms with Gasteiger partial charge in [-0.2, -0.15) is 0 Å². The number of carbonyl (C=O) groups excluding carboxylic acids is 1. The van der Waals surface area contributed by atoms with E-state index in [1.54, 1.807) is 16.7 Å². The Bertz CT molecular complexity index is 991. The molecule has 4 nitrogen and oxygen atoms in total. The molecule has 0 amide bonds. The van der Waals surface area contributed by atoms with Gasteiger partial charge >= 0.3 is 5.97 Å². The first kappa shape index (κ1) is 16.1. The maximum atomic E-state index is 13.2. The number of nitrogens with zero attached hydrogens (tertiary/aromatic N) is 1. The van der Waals surface area contributed by atoms with Crippen LogP contribution < -0.4 is 0 Å². The molecule has 0 bridgehead atoms. The number of rotatable bonds is 2. The monoisotopic (exact) mass is 397 g/mol. The first-order valence-electron chi connectivity index (χ1n) is 8.21. The van der Waals surface area contributed by atoms with Crippen molar-refractivity contribution in [3.63, 3.8) is 0 Å². The standard InChI is InChI=1S/C20H16BrNO3/c21-16-8-4-7-14-15-11-13(20(24)25)9-10-17(15)22(18(14)16)19(23)12-5-2-1-3-6-12/h1-8,13H,9-11H2,(H,24,25). The van der Waals surface area contributed by atoms with E-state index in [-0.39, 0.29) is 5.91 Å². The van der Waals surface area contributed by atoms with Gasteiger partial charge in [0.2, 0.25) is 0 Å². The Morgan fingerprint density at radius 1 is 1.08 bits per heavy atom. The van der Waals surface area contributed by atoms with E-state index in [2.05, 4.69) is 15.9 Å². The number of aliphatic carboxylic acids is 1. The van der Waals surface area contributed by atoms with Gasteiger partial charge in [-0.3, -0.25) is 14.2 Å². The highest BCUT2D eigenvalue weighted by atomic mass is 79.9. The van der Waals surface area contributed by atoms with Crippen LogP contribution >= 0.6 is 15.9 Å². The average Bonchev–Trinajstić information content (AvgIpc) is 2.97. The van der Waals surface area contributed by atoms with Gasteiger partial charge in [-0.1, -0.05) is 30.3 Å². The van der Waals surface area contributed by atoms with E-state index in [0.29, 0.717) is 24.8 Å². The number of para-hydroxylation sites is 1. The van der Waals surface area contributed by atoms with E-state index in [1.807, 2.05) is 36.4 Å². The van der Waals surface area contributed by atoms with Crippen molar-refractivity contribution in [1.29, 1.82) is 0 Å². The molecule has 0 radical (unpaired) electrons. The molecule has 0 fully saturated rings. The summed E-state index contributed by atoms with van der Waals surface area (Å²) in [5.41, 5.74) is 3.37. The minimum Gasteiger partial charge on any atom is -0.481 e. The summed E-state index contributed by atoms with van der Waals surface area (Å²) in [6.07, 6.45) is 1.61. The lowest BCUT2D eigenvalue weighted by Gasteiger charge is -2.20. The van der Waals surface area contributed by atoms with Crippen LogP contribution in [0.15, 0.2) is 53.0 Å². The number of fused-ring (bicyclic) bond motifs is 3. The molecule has 2 aromatic carbocycles. The molecule has 1 heterocycles. The van der Waals surface area contributed by atoms with Crippen LogP contribution in [0.4, 0.5) is 0 Å². The SMILES string of the molecule is O=C(O)C1CCc2c(c3cccc(Br)c3n2C(=O)c2ccccc2)C1. The third kappa shape index (κ3) is 2.59. The summed E-state index contributed by atoms with van der Waals surface area (Å²) in [5.74, 6) is -1.24. The smallest absolute Gasteiger partial charge is 0.306 e. The van der Waals surface area contributed by atoms with Crippen LogP contribution in [0.1, 0.15) is 28.0 Å². The zero-order valence-electron chi connectivity index (χ0n) is 13.4. The number of hydrogen-bond donors (Lipinski definition) is 1. The van der Waals surface area contributed by atoms with Gasteiger partial charge in [-0.05, 0) is 59.0 Å². The minimum atomic E-state index is -0.768. The molecule has 0 spiro atoms. The van der Waals surface area contributed by atoms with E-state index >= 15 is 0 Å². The maximum Gasteiger partial charge on any atom is 0.306 e. The number of aromatic nitrogens is 1. The van der Waals surface area contributed by atoms with Crippen molar-refractivity contribution in [2.45, 2.75) is 19.3 Å². The van der Waals surface area contributed by atoms with Crippen molar-refractivity contribution in [3.05, 3.63) is 69.8 Å². The lowest BCUT2D eigenvalue weighted by Crippen LogP contribution is -2.24. The second-order valence-electron chi connectivity index (χ2n) is 6.35. The number of hydrogen-bond acceptors (Lipinski definition) is 2. The fourth-order valence-electron chi connectivity index (χ4n) is 3.71. The Labute approximate surface area is 153 Å². The molecule has 5 heteroatoms. The first-order chi connectivity index (χ1) is 12.1. The third-order valence-electron chi connectivity index (χ3n) is 4.91. The lowest BCUT2D eigenvalue weighted by atomic mass is 9.86. The quantitative estimate of drug-likeness (QED) is 0.701. The Morgan fingerprint density at radius 3 is 2.56 bits per heavy atom. The molecule has 0 aliphatic heterocycles. The van der Waals surface area contributed by atoms with Crippen LogP contribution in [0.2, 0.25) is 0 Å². The summed E-state index contributed by atoms with van der Waals surface area (Å²) in [6.45, 7) is 0. The molecule has 1 aliphatic rings. The van der Waals surface area contributed by atoms with E-state index in [0.717, 1.165) is 26.6 Å². The molecule has 4 rings (SSSR count). The van der Waals surface area contributed by atoms with Crippen molar-refractivity contribution < 1.29 is 14.7 Å². The highest BCUT2D eigenvalue weighted by molar-refractivity contribution is 9.10. The van der Waals surface area contributed by atoms with Crippen molar-refractivity contribution in [1.82, 2.24) is 4.57 Å². The highest BCUT2D eigenvalue weighted by Gasteiger charge is 2.31. The highest BCUT2D eigenvalue weighted by Crippen LogP contribution is 2.37. The molecule has 126 valence electrons. The Balaban J connectivity index is 1.96. The molecule has 3 aromatic rings. The van der Waals surface area contributed by atoms with Gasteiger partial charge in [0.15, 0.2) is 0 Å². The number of carbonyl (C=O) groups is 2. The predicted octanol–water partition coefficient (Wildman–Crippen LogP) is 4.28. The van der Waals surface area contributed by atoms with Crippen molar-refractivity contribution in [2.24, 2.45) is 5.92 Å². The van der Waals surface area contributed by atoms with E-state index in [4.69, 9.17) is 0 Å². The number of halogens is 1. The van der Waals surface area contributed by atoms with Crippen LogP contribution in [-0.2, 0) is 17.6 Å². The maximum absolute atomic E-state index is 13.2. The second-order valence-corrected chi connectivity index (χ2v) is 7.20. The molecule has 1 atom stereocenters. The van der Waals surface area contributed by atoms with E-state index in [9.17, 15) is 14.7 Å². The minimum absolute atomic E-state index is 0.0764. The van der Waals surface area contributed by atoms with Crippen molar-refractivity contribution in [2.75, 3.05) is 0 Å². The third-order valence-corrected chi connectivity index (χ3v) is 5.55. The molecule has 1 aromatic heterocycles. The van der Waals surface area contributed by atoms with Gasteiger partial charge in [-0.15, -0.1) is 0 Å². The lowest BCUT2D eigenvalue weighted by molar-refractivity contribution is -0.142. The summed E-state index contributed by atoms with van der Waals surface area (Å²) < 4.78 is 2.61. The summed E-state index contributed by atoms with van der Waals surface area (Å²) in [4.78, 5) is 24.6. The largest absolute Gasteiger partial charge is 0.481 e. The summed E-state index contributed by atoms with van der Waals surface area (Å²) in [5, 5.41) is 10.4. The van der Waals surface area contributed by atoms with Gasteiger partial charge in [0.05, 0.1) is 11.4 Å². The van der Waals surface area contributed by atoms with Crippen molar-refractivity contribution >= 4 is 38.7 Å². The van der Waals surface area contributed by atoms with Crippen molar-refractivity contribution in [3.8, 4) is 0 Å². The number of benzene rings is 2. The fourth-order valence-corrected chi connectivity index (χ4v) is 4.25. The first-order valence-corrected chi connectivity index (χ1v) is 9.00. The molecule has 1 unspecified atom stereocenters. The normalized spacial score (nSPS) is 16.6. The summed E-state index contributed by atoms with van der Waals surface area (Å²) in [6, 6.07) is 15.0. The van der Waals surface area contributed by atoms with E-state index in [1.165, 1.54) is 0 Å².